The number of halogens is 1. The van der Waals surface area contributed by atoms with Gasteiger partial charge in [0.2, 0.25) is 11.8 Å². The maximum Gasteiger partial charge on any atom is 0.253 e. The van der Waals surface area contributed by atoms with Crippen molar-refractivity contribution in [2.45, 2.75) is 31.6 Å². The monoisotopic (exact) mass is 395 g/mol. The first-order chi connectivity index (χ1) is 14.0. The van der Waals surface area contributed by atoms with Crippen molar-refractivity contribution >= 4 is 29.1 Å². The van der Waals surface area contributed by atoms with Gasteiger partial charge in [0.1, 0.15) is 5.82 Å². The summed E-state index contributed by atoms with van der Waals surface area (Å²) in [7, 11) is 0. The van der Waals surface area contributed by atoms with Crippen molar-refractivity contribution in [3.05, 3.63) is 59.4 Å². The molecule has 3 amide bonds. The molecule has 6 nitrogen and oxygen atoms in total. The third-order valence-corrected chi connectivity index (χ3v) is 5.39. The molecular formula is C22H22FN3O3. The van der Waals surface area contributed by atoms with Gasteiger partial charge in [-0.1, -0.05) is 12.1 Å². The van der Waals surface area contributed by atoms with E-state index in [1.165, 1.54) is 18.2 Å². The highest BCUT2D eigenvalue weighted by Crippen LogP contribution is 2.33. The largest absolute Gasteiger partial charge is 0.339 e. The first-order valence-electron chi connectivity index (χ1n) is 9.81. The number of amides is 3. The van der Waals surface area contributed by atoms with Crippen LogP contribution in [0.15, 0.2) is 42.5 Å². The molecule has 2 heterocycles. The Morgan fingerprint density at radius 3 is 2.66 bits per heavy atom. The minimum Gasteiger partial charge on any atom is -0.339 e. The number of nitrogens with one attached hydrogen (secondary N) is 2. The number of fused-ring (bicyclic) bond motifs is 1. The average Bonchev–Trinajstić information content (AvgIpc) is 2.73. The smallest absolute Gasteiger partial charge is 0.253 e. The van der Waals surface area contributed by atoms with Gasteiger partial charge >= 0.3 is 0 Å². The molecule has 0 aromatic heterocycles. The van der Waals surface area contributed by atoms with Crippen LogP contribution in [-0.4, -0.2) is 35.7 Å². The molecule has 2 aromatic rings. The van der Waals surface area contributed by atoms with E-state index in [9.17, 15) is 18.8 Å². The van der Waals surface area contributed by atoms with Gasteiger partial charge in [0.25, 0.3) is 5.91 Å². The summed E-state index contributed by atoms with van der Waals surface area (Å²) in [6, 6.07) is 10.8. The molecule has 1 fully saturated rings. The first kappa shape index (κ1) is 19.1. The average molecular weight is 395 g/mol. The third kappa shape index (κ3) is 4.13. The van der Waals surface area contributed by atoms with Crippen molar-refractivity contribution in [2.75, 3.05) is 23.7 Å². The molecule has 1 atom stereocenters. The Labute approximate surface area is 168 Å². The maximum atomic E-state index is 13.5. The van der Waals surface area contributed by atoms with Crippen LogP contribution in [0.3, 0.4) is 0 Å². The summed E-state index contributed by atoms with van der Waals surface area (Å²) in [5.41, 5.74) is 1.90. The zero-order chi connectivity index (χ0) is 20.4. The van der Waals surface area contributed by atoms with E-state index in [-0.39, 0.29) is 24.1 Å². The van der Waals surface area contributed by atoms with Crippen LogP contribution in [0.5, 0.6) is 0 Å². The summed E-state index contributed by atoms with van der Waals surface area (Å²) in [4.78, 5) is 39.4. The van der Waals surface area contributed by atoms with Crippen LogP contribution in [0.2, 0.25) is 0 Å². The molecule has 0 saturated carbocycles. The minimum atomic E-state index is -0.721. The van der Waals surface area contributed by atoms with Crippen LogP contribution in [0, 0.1) is 5.82 Å². The van der Waals surface area contributed by atoms with E-state index < -0.39 is 11.7 Å². The number of anilines is 2. The van der Waals surface area contributed by atoms with Gasteiger partial charge in [-0.15, -0.1) is 0 Å². The van der Waals surface area contributed by atoms with E-state index in [0.717, 1.165) is 32.4 Å². The summed E-state index contributed by atoms with van der Waals surface area (Å²) in [5, 5.41) is 5.40. The molecule has 2 N–H and O–H groups in total. The second-order valence-electron chi connectivity index (χ2n) is 7.46. The zero-order valence-corrected chi connectivity index (χ0v) is 15.9. The maximum absolute atomic E-state index is 13.5. The van der Waals surface area contributed by atoms with E-state index in [0.29, 0.717) is 22.5 Å². The van der Waals surface area contributed by atoms with Gasteiger partial charge in [0.05, 0.1) is 5.92 Å². The summed E-state index contributed by atoms with van der Waals surface area (Å²) in [6.07, 6.45) is 3.13. The predicted octanol–water partition coefficient (Wildman–Crippen LogP) is 3.52. The normalized spacial score (nSPS) is 18.6. The topological polar surface area (TPSA) is 78.5 Å². The van der Waals surface area contributed by atoms with E-state index >= 15 is 0 Å². The molecule has 4 rings (SSSR count). The van der Waals surface area contributed by atoms with E-state index in [1.807, 2.05) is 4.90 Å². The summed E-state index contributed by atoms with van der Waals surface area (Å²) >= 11 is 0. The Morgan fingerprint density at radius 2 is 1.86 bits per heavy atom. The molecule has 0 spiro atoms. The lowest BCUT2D eigenvalue weighted by Crippen LogP contribution is -2.35. The highest BCUT2D eigenvalue weighted by atomic mass is 19.1. The second-order valence-corrected chi connectivity index (χ2v) is 7.46. The van der Waals surface area contributed by atoms with Gasteiger partial charge < -0.3 is 15.5 Å². The van der Waals surface area contributed by atoms with Crippen LogP contribution in [0.25, 0.3) is 0 Å². The fourth-order valence-corrected chi connectivity index (χ4v) is 3.91. The molecule has 0 bridgehead atoms. The molecule has 7 heteroatoms. The Bertz CT molecular complexity index is 970. The first-order valence-corrected chi connectivity index (χ1v) is 9.81. The number of nitrogens with zero attached hydrogens (tertiary/aromatic N) is 1. The molecule has 1 saturated heterocycles. The Balaban J connectivity index is 1.52. The van der Waals surface area contributed by atoms with Crippen molar-refractivity contribution < 1.29 is 18.8 Å². The van der Waals surface area contributed by atoms with Crippen LogP contribution in [0.4, 0.5) is 15.8 Å². The van der Waals surface area contributed by atoms with Gasteiger partial charge in [-0.25, -0.2) is 4.39 Å². The molecular weight excluding hydrogens is 373 g/mol. The van der Waals surface area contributed by atoms with Crippen LogP contribution >= 0.6 is 0 Å². The van der Waals surface area contributed by atoms with Crippen LogP contribution in [-0.2, 0) is 9.59 Å². The Kier molecular flexibility index (Phi) is 5.29. The standard InChI is InChI=1S/C22H22FN3O3/c23-15-7-8-17-18(13-20(27)25-19(17)12-15)21(28)24-16-6-4-5-14(11-16)22(29)26-9-2-1-3-10-26/h4-8,11-12,18H,1-3,9-10,13H2,(H,24,28)(H,25,27). The predicted molar refractivity (Wildman–Crippen MR) is 107 cm³/mol. The number of carbonyl (C=O) groups is 3. The van der Waals surface area contributed by atoms with Crippen molar-refractivity contribution in [3.8, 4) is 0 Å². The molecule has 1 unspecified atom stereocenters. The molecule has 0 aliphatic carbocycles. The van der Waals surface area contributed by atoms with Crippen LogP contribution < -0.4 is 10.6 Å². The van der Waals surface area contributed by atoms with Gasteiger partial charge in [-0.05, 0) is 55.2 Å². The molecule has 2 aliphatic heterocycles. The van der Waals surface area contributed by atoms with E-state index in [2.05, 4.69) is 10.6 Å². The number of hydrogen-bond donors (Lipinski definition) is 2. The molecule has 29 heavy (non-hydrogen) atoms. The number of rotatable bonds is 3. The second kappa shape index (κ2) is 8.03. The summed E-state index contributed by atoms with van der Waals surface area (Å²) in [6.45, 7) is 1.50. The van der Waals surface area contributed by atoms with Crippen molar-refractivity contribution in [1.29, 1.82) is 0 Å². The van der Waals surface area contributed by atoms with E-state index in [1.54, 1.807) is 24.3 Å². The Hall–Kier alpha value is -3.22. The van der Waals surface area contributed by atoms with Gasteiger partial charge in [0.15, 0.2) is 0 Å². The number of benzene rings is 2. The Morgan fingerprint density at radius 1 is 1.07 bits per heavy atom. The zero-order valence-electron chi connectivity index (χ0n) is 15.9. The fourth-order valence-electron chi connectivity index (χ4n) is 3.91. The van der Waals surface area contributed by atoms with Crippen molar-refractivity contribution in [3.63, 3.8) is 0 Å². The molecule has 2 aliphatic rings. The highest BCUT2D eigenvalue weighted by Gasteiger charge is 2.31. The quantitative estimate of drug-likeness (QED) is 0.835. The van der Waals surface area contributed by atoms with Gasteiger partial charge in [0, 0.05) is 36.4 Å². The number of hydrogen-bond acceptors (Lipinski definition) is 3. The lowest BCUT2D eigenvalue weighted by atomic mass is 9.89. The number of piperidine rings is 1. The molecule has 150 valence electrons. The molecule has 2 aromatic carbocycles. The fraction of sp³-hybridized carbons (Fsp3) is 0.318. The lowest BCUT2D eigenvalue weighted by Gasteiger charge is -2.27. The van der Waals surface area contributed by atoms with Gasteiger partial charge in [-0.3, -0.25) is 14.4 Å². The number of carbonyl (C=O) groups excluding carboxylic acids is 3. The minimum absolute atomic E-state index is 0.0170. The van der Waals surface area contributed by atoms with Crippen LogP contribution in [0.1, 0.15) is 47.5 Å². The SMILES string of the molecule is O=C1CC(C(=O)Nc2cccc(C(=O)N3CCCCC3)c2)c2ccc(F)cc2N1. The molecule has 0 radical (unpaired) electrons. The van der Waals surface area contributed by atoms with Crippen molar-refractivity contribution in [2.24, 2.45) is 0 Å². The van der Waals surface area contributed by atoms with E-state index in [4.69, 9.17) is 0 Å². The summed E-state index contributed by atoms with van der Waals surface area (Å²) < 4.78 is 13.5. The number of likely N-dealkylation sites (tertiary alicyclic amines) is 1. The van der Waals surface area contributed by atoms with Gasteiger partial charge in [-0.2, -0.15) is 0 Å². The third-order valence-electron chi connectivity index (χ3n) is 5.39. The summed E-state index contributed by atoms with van der Waals surface area (Å²) in [5.74, 6) is -1.94. The highest BCUT2D eigenvalue weighted by molar-refractivity contribution is 6.05. The van der Waals surface area contributed by atoms with Crippen molar-refractivity contribution in [1.82, 2.24) is 4.90 Å². The lowest BCUT2D eigenvalue weighted by molar-refractivity contribution is -0.123.